The molecule has 0 aromatic heterocycles. The van der Waals surface area contributed by atoms with Crippen LogP contribution in [0.4, 0.5) is 15.8 Å². The van der Waals surface area contributed by atoms with Gasteiger partial charge in [-0.05, 0) is 36.4 Å². The lowest BCUT2D eigenvalue weighted by molar-refractivity contribution is -0.118. The van der Waals surface area contributed by atoms with Crippen LogP contribution >= 0.6 is 0 Å². The van der Waals surface area contributed by atoms with Gasteiger partial charge in [-0.3, -0.25) is 9.59 Å². The van der Waals surface area contributed by atoms with Gasteiger partial charge in [-0.15, -0.1) is 0 Å². The van der Waals surface area contributed by atoms with E-state index in [4.69, 9.17) is 4.74 Å². The van der Waals surface area contributed by atoms with Crippen LogP contribution < -0.4 is 15.0 Å². The Hall–Kier alpha value is -3.67. The lowest BCUT2D eigenvalue weighted by Crippen LogP contribution is -2.27. The van der Waals surface area contributed by atoms with Gasteiger partial charge in [-0.2, -0.15) is 0 Å². The molecule has 0 radical (unpaired) electrons. The molecule has 0 saturated carbocycles. The molecule has 142 valence electrons. The summed E-state index contributed by atoms with van der Waals surface area (Å²) >= 11 is 0. The largest absolute Gasteiger partial charge is 0.483 e. The molecule has 0 saturated heterocycles. The number of nitrogens with zero attached hydrogens (tertiary/aromatic N) is 1. The minimum atomic E-state index is -0.532. The summed E-state index contributed by atoms with van der Waals surface area (Å²) in [5.74, 6) is -1.05. The Morgan fingerprint density at radius 3 is 2.32 bits per heavy atom. The highest BCUT2D eigenvalue weighted by Gasteiger charge is 2.18. The fourth-order valence-corrected chi connectivity index (χ4v) is 2.61. The fourth-order valence-electron chi connectivity index (χ4n) is 2.61. The van der Waals surface area contributed by atoms with Gasteiger partial charge in [0.25, 0.3) is 11.8 Å². The Morgan fingerprint density at radius 1 is 0.929 bits per heavy atom. The molecule has 3 rings (SSSR count). The molecule has 6 heteroatoms. The van der Waals surface area contributed by atoms with E-state index in [0.717, 1.165) is 5.69 Å². The van der Waals surface area contributed by atoms with E-state index in [-0.39, 0.29) is 24.0 Å². The summed E-state index contributed by atoms with van der Waals surface area (Å²) < 4.78 is 19.2. The third-order valence-corrected chi connectivity index (χ3v) is 4.07. The van der Waals surface area contributed by atoms with Crippen molar-refractivity contribution in [1.29, 1.82) is 0 Å². The van der Waals surface area contributed by atoms with Crippen LogP contribution in [0, 0.1) is 5.82 Å². The van der Waals surface area contributed by atoms with E-state index in [1.54, 1.807) is 37.4 Å². The lowest BCUT2D eigenvalue weighted by atomic mass is 10.1. The Kier molecular flexibility index (Phi) is 6.01. The highest BCUT2D eigenvalue weighted by molar-refractivity contribution is 6.07. The van der Waals surface area contributed by atoms with Crippen LogP contribution in [0.5, 0.6) is 5.75 Å². The summed E-state index contributed by atoms with van der Waals surface area (Å²) in [6.45, 7) is -0.353. The van der Waals surface area contributed by atoms with Crippen molar-refractivity contribution < 1.29 is 18.7 Å². The predicted molar refractivity (Wildman–Crippen MR) is 106 cm³/mol. The average molecular weight is 378 g/mol. The fraction of sp³-hybridized carbons (Fsp3) is 0.0909. The van der Waals surface area contributed by atoms with Crippen LogP contribution in [0.25, 0.3) is 0 Å². The van der Waals surface area contributed by atoms with Crippen LogP contribution in [-0.4, -0.2) is 25.5 Å². The van der Waals surface area contributed by atoms with Gasteiger partial charge in [0.05, 0.1) is 11.3 Å². The second-order valence-corrected chi connectivity index (χ2v) is 6.01. The maximum absolute atomic E-state index is 13.6. The van der Waals surface area contributed by atoms with Crippen LogP contribution in [0.3, 0.4) is 0 Å². The summed E-state index contributed by atoms with van der Waals surface area (Å²) in [5, 5.41) is 2.44. The lowest BCUT2D eigenvalue weighted by Gasteiger charge is -2.19. The number of rotatable bonds is 6. The zero-order valence-corrected chi connectivity index (χ0v) is 15.3. The number of benzene rings is 3. The number of carbonyl (C=O) groups excluding carboxylic acids is 2. The van der Waals surface area contributed by atoms with Crippen LogP contribution in [-0.2, 0) is 4.79 Å². The quantitative estimate of drug-likeness (QED) is 0.702. The number of hydrogen-bond acceptors (Lipinski definition) is 3. The van der Waals surface area contributed by atoms with Crippen molar-refractivity contribution in [3.8, 4) is 5.75 Å². The van der Waals surface area contributed by atoms with E-state index in [1.807, 2.05) is 30.3 Å². The van der Waals surface area contributed by atoms with Crippen molar-refractivity contribution >= 4 is 23.2 Å². The van der Waals surface area contributed by atoms with Crippen LogP contribution in [0.15, 0.2) is 78.9 Å². The summed E-state index contributed by atoms with van der Waals surface area (Å²) in [7, 11) is 1.67. The van der Waals surface area contributed by atoms with E-state index in [2.05, 4.69) is 5.32 Å². The first kappa shape index (κ1) is 19.1. The molecule has 3 aromatic carbocycles. The molecule has 3 aromatic rings. The number of halogens is 1. The Labute approximate surface area is 162 Å². The molecule has 28 heavy (non-hydrogen) atoms. The van der Waals surface area contributed by atoms with Gasteiger partial charge in [-0.25, -0.2) is 4.39 Å². The van der Waals surface area contributed by atoms with E-state index >= 15 is 0 Å². The maximum Gasteiger partial charge on any atom is 0.262 e. The van der Waals surface area contributed by atoms with Gasteiger partial charge in [0.2, 0.25) is 0 Å². The SMILES string of the molecule is CN(C(=O)c1ccccc1OCC(=O)Nc1ccccc1F)c1ccccc1. The first-order valence-corrected chi connectivity index (χ1v) is 8.65. The van der Waals surface area contributed by atoms with Gasteiger partial charge in [0.15, 0.2) is 6.61 Å². The molecule has 2 amide bonds. The molecule has 0 bridgehead atoms. The highest BCUT2D eigenvalue weighted by atomic mass is 19.1. The molecule has 0 heterocycles. The van der Waals surface area contributed by atoms with Gasteiger partial charge in [0, 0.05) is 12.7 Å². The zero-order chi connectivity index (χ0) is 19.9. The Balaban J connectivity index is 1.69. The molecule has 1 N–H and O–H groups in total. The summed E-state index contributed by atoms with van der Waals surface area (Å²) in [4.78, 5) is 26.4. The summed E-state index contributed by atoms with van der Waals surface area (Å²) in [6, 6.07) is 21.7. The third-order valence-electron chi connectivity index (χ3n) is 4.07. The Morgan fingerprint density at radius 2 is 1.57 bits per heavy atom. The number of carbonyl (C=O) groups is 2. The number of nitrogens with one attached hydrogen (secondary N) is 1. The maximum atomic E-state index is 13.6. The van der Waals surface area contributed by atoms with E-state index in [1.165, 1.54) is 23.1 Å². The van der Waals surface area contributed by atoms with Gasteiger partial charge in [0.1, 0.15) is 11.6 Å². The van der Waals surface area contributed by atoms with Crippen molar-refractivity contribution in [2.24, 2.45) is 0 Å². The summed E-state index contributed by atoms with van der Waals surface area (Å²) in [6.07, 6.45) is 0. The third kappa shape index (κ3) is 4.54. The number of para-hydroxylation sites is 3. The smallest absolute Gasteiger partial charge is 0.262 e. The number of ether oxygens (including phenoxy) is 1. The molecule has 0 aliphatic rings. The van der Waals surface area contributed by atoms with Crippen molar-refractivity contribution in [2.45, 2.75) is 0 Å². The Bertz CT molecular complexity index is 976. The highest BCUT2D eigenvalue weighted by Crippen LogP contribution is 2.22. The number of anilines is 2. The van der Waals surface area contributed by atoms with E-state index in [0.29, 0.717) is 5.56 Å². The topological polar surface area (TPSA) is 58.6 Å². The average Bonchev–Trinajstić information content (AvgIpc) is 2.73. The van der Waals surface area contributed by atoms with Gasteiger partial charge < -0.3 is 15.0 Å². The minimum absolute atomic E-state index is 0.0734. The molecular weight excluding hydrogens is 359 g/mol. The monoisotopic (exact) mass is 378 g/mol. The molecule has 0 atom stereocenters. The molecule has 0 aliphatic heterocycles. The van der Waals surface area contributed by atoms with Crippen molar-refractivity contribution in [2.75, 3.05) is 23.9 Å². The van der Waals surface area contributed by atoms with Crippen molar-refractivity contribution in [1.82, 2.24) is 0 Å². The molecule has 0 spiro atoms. The van der Waals surface area contributed by atoms with Crippen LogP contribution in [0.1, 0.15) is 10.4 Å². The van der Waals surface area contributed by atoms with E-state index < -0.39 is 11.7 Å². The van der Waals surface area contributed by atoms with Gasteiger partial charge >= 0.3 is 0 Å². The molecule has 5 nitrogen and oxygen atoms in total. The first-order chi connectivity index (χ1) is 13.6. The van der Waals surface area contributed by atoms with Crippen LogP contribution in [0.2, 0.25) is 0 Å². The molecule has 0 fully saturated rings. The van der Waals surface area contributed by atoms with E-state index in [9.17, 15) is 14.0 Å². The molecule has 0 aliphatic carbocycles. The number of amides is 2. The summed E-state index contributed by atoms with van der Waals surface area (Å²) in [5.41, 5.74) is 1.14. The van der Waals surface area contributed by atoms with Gasteiger partial charge in [-0.1, -0.05) is 42.5 Å². The van der Waals surface area contributed by atoms with Crippen molar-refractivity contribution in [3.05, 3.63) is 90.2 Å². The zero-order valence-electron chi connectivity index (χ0n) is 15.3. The second-order valence-electron chi connectivity index (χ2n) is 6.01. The normalized spacial score (nSPS) is 10.2. The molecular formula is C22H19FN2O3. The predicted octanol–water partition coefficient (Wildman–Crippen LogP) is 4.12. The second kappa shape index (κ2) is 8.81. The first-order valence-electron chi connectivity index (χ1n) is 8.65. The molecule has 0 unspecified atom stereocenters. The number of hydrogen-bond donors (Lipinski definition) is 1. The standard InChI is InChI=1S/C22H19FN2O3/c1-25(16-9-3-2-4-10-16)22(27)17-11-5-8-14-20(17)28-15-21(26)24-19-13-7-6-12-18(19)23/h2-14H,15H2,1H3,(H,24,26). The minimum Gasteiger partial charge on any atom is -0.483 e. The van der Waals surface area contributed by atoms with Crippen molar-refractivity contribution in [3.63, 3.8) is 0 Å².